The molecule has 0 unspecified atom stereocenters. The zero-order valence-corrected chi connectivity index (χ0v) is 14.2. The number of amides is 1. The molecule has 1 heterocycles. The molecule has 0 aliphatic heterocycles. The number of aromatic nitrogens is 2. The molecule has 2 aromatic carbocycles. The lowest BCUT2D eigenvalue weighted by molar-refractivity contribution is -0.137. The van der Waals surface area contributed by atoms with E-state index < -0.39 is 29.0 Å². The highest BCUT2D eigenvalue weighted by Crippen LogP contribution is 2.33. The largest absolute Gasteiger partial charge is 0.417 e. The molecular formula is C19H12F4N4O. The summed E-state index contributed by atoms with van der Waals surface area (Å²) in [6.45, 7) is 0.0334. The molecule has 142 valence electrons. The number of hydrogen-bond donors (Lipinski definition) is 1. The molecule has 0 spiro atoms. The molecule has 0 fully saturated rings. The number of nitrogens with one attached hydrogen (secondary N) is 1. The van der Waals surface area contributed by atoms with E-state index in [0.717, 1.165) is 24.3 Å². The van der Waals surface area contributed by atoms with Crippen LogP contribution in [0.15, 0.2) is 54.7 Å². The quantitative estimate of drug-likeness (QED) is 0.691. The van der Waals surface area contributed by atoms with Crippen LogP contribution >= 0.6 is 0 Å². The third-order valence-electron chi connectivity index (χ3n) is 3.87. The summed E-state index contributed by atoms with van der Waals surface area (Å²) < 4.78 is 53.3. The first kappa shape index (κ1) is 19.1. The molecule has 0 bridgehead atoms. The molecule has 0 saturated carbocycles. The van der Waals surface area contributed by atoms with Gasteiger partial charge in [0.1, 0.15) is 5.82 Å². The first-order chi connectivity index (χ1) is 13.3. The van der Waals surface area contributed by atoms with Gasteiger partial charge in [-0.1, -0.05) is 0 Å². The fraction of sp³-hybridized carbons (Fsp3) is 0.105. The number of carbonyl (C=O) groups is 1. The van der Waals surface area contributed by atoms with E-state index in [9.17, 15) is 22.4 Å². The number of nitriles is 1. The molecule has 5 nitrogen and oxygen atoms in total. The van der Waals surface area contributed by atoms with Crippen molar-refractivity contribution < 1.29 is 22.4 Å². The predicted molar refractivity (Wildman–Crippen MR) is 90.9 cm³/mol. The van der Waals surface area contributed by atoms with Crippen LogP contribution in [-0.2, 0) is 12.7 Å². The van der Waals surface area contributed by atoms with Crippen molar-refractivity contribution in [3.63, 3.8) is 0 Å². The van der Waals surface area contributed by atoms with Gasteiger partial charge in [-0.3, -0.25) is 4.79 Å². The Balaban J connectivity index is 1.75. The van der Waals surface area contributed by atoms with Gasteiger partial charge in [0.2, 0.25) is 0 Å². The van der Waals surface area contributed by atoms with Crippen molar-refractivity contribution in [3.05, 3.63) is 82.9 Å². The van der Waals surface area contributed by atoms with E-state index in [2.05, 4.69) is 10.4 Å². The summed E-state index contributed by atoms with van der Waals surface area (Å²) in [5, 5.41) is 15.6. The molecule has 1 N–H and O–H groups in total. The molecule has 28 heavy (non-hydrogen) atoms. The number of benzene rings is 2. The fourth-order valence-corrected chi connectivity index (χ4v) is 2.48. The van der Waals surface area contributed by atoms with E-state index in [-0.39, 0.29) is 17.8 Å². The normalized spacial score (nSPS) is 11.1. The van der Waals surface area contributed by atoms with Crippen LogP contribution < -0.4 is 5.32 Å². The molecule has 0 radical (unpaired) electrons. The highest BCUT2D eigenvalue weighted by molar-refractivity contribution is 5.94. The zero-order valence-electron chi connectivity index (χ0n) is 14.2. The monoisotopic (exact) mass is 388 g/mol. The summed E-state index contributed by atoms with van der Waals surface area (Å²) in [6.07, 6.45) is -3.22. The van der Waals surface area contributed by atoms with Crippen molar-refractivity contribution in [1.82, 2.24) is 15.1 Å². The van der Waals surface area contributed by atoms with Gasteiger partial charge in [-0.25, -0.2) is 9.07 Å². The van der Waals surface area contributed by atoms with E-state index in [0.29, 0.717) is 5.69 Å². The fourth-order valence-electron chi connectivity index (χ4n) is 2.48. The second kappa shape index (κ2) is 7.52. The molecule has 0 saturated heterocycles. The van der Waals surface area contributed by atoms with Crippen LogP contribution in [0, 0.1) is 17.1 Å². The van der Waals surface area contributed by atoms with E-state index in [1.165, 1.54) is 41.2 Å². The van der Waals surface area contributed by atoms with Gasteiger partial charge < -0.3 is 5.32 Å². The number of hydrogen-bond acceptors (Lipinski definition) is 3. The predicted octanol–water partition coefficient (Wildman–Crippen LogP) is 3.83. The highest BCUT2D eigenvalue weighted by atomic mass is 19.4. The lowest BCUT2D eigenvalue weighted by atomic mass is 10.1. The molecular weight excluding hydrogens is 376 g/mol. The molecule has 3 aromatic rings. The van der Waals surface area contributed by atoms with Gasteiger partial charge in [0.05, 0.1) is 35.1 Å². The summed E-state index contributed by atoms with van der Waals surface area (Å²) in [6, 6.07) is 11.3. The SMILES string of the molecule is N#Cc1ccc(-n2ccc(CNC(=O)c3ccc(F)cc3)n2)cc1C(F)(F)F. The topological polar surface area (TPSA) is 70.7 Å². The van der Waals surface area contributed by atoms with Crippen molar-refractivity contribution in [1.29, 1.82) is 5.26 Å². The van der Waals surface area contributed by atoms with E-state index >= 15 is 0 Å². The van der Waals surface area contributed by atoms with Gasteiger partial charge in [-0.15, -0.1) is 0 Å². The highest BCUT2D eigenvalue weighted by Gasteiger charge is 2.34. The number of carbonyl (C=O) groups excluding carboxylic acids is 1. The second-order valence-electron chi connectivity index (χ2n) is 5.78. The Labute approximate surface area is 156 Å². The summed E-state index contributed by atoms with van der Waals surface area (Å²) in [5.74, 6) is -0.900. The van der Waals surface area contributed by atoms with Crippen molar-refractivity contribution in [2.24, 2.45) is 0 Å². The van der Waals surface area contributed by atoms with E-state index in [1.54, 1.807) is 0 Å². The number of nitrogens with zero attached hydrogens (tertiary/aromatic N) is 3. The maximum atomic E-state index is 13.1. The van der Waals surface area contributed by atoms with E-state index in [1.807, 2.05) is 0 Å². The minimum absolute atomic E-state index is 0.0334. The maximum Gasteiger partial charge on any atom is 0.417 e. The van der Waals surface area contributed by atoms with Crippen LogP contribution in [0.5, 0.6) is 0 Å². The summed E-state index contributed by atoms with van der Waals surface area (Å²) in [5.41, 5.74) is -0.720. The molecule has 0 aliphatic rings. The minimum Gasteiger partial charge on any atom is -0.346 e. The minimum atomic E-state index is -4.67. The number of alkyl halides is 3. The van der Waals surface area contributed by atoms with Gasteiger partial charge in [-0.2, -0.15) is 23.5 Å². The van der Waals surface area contributed by atoms with Crippen LogP contribution in [0.25, 0.3) is 5.69 Å². The Hall–Kier alpha value is -3.67. The molecule has 9 heteroatoms. The van der Waals surface area contributed by atoms with Gasteiger partial charge in [0, 0.05) is 11.8 Å². The number of rotatable bonds is 4. The molecule has 3 rings (SSSR count). The Bertz CT molecular complexity index is 1050. The first-order valence-electron chi connectivity index (χ1n) is 7.98. The standard InChI is InChI=1S/C19H12F4N4O/c20-14-4-1-12(2-5-14)18(28)25-11-15-7-8-27(26-15)16-6-3-13(10-24)17(9-16)19(21,22)23/h1-9H,11H2,(H,25,28). The second-order valence-corrected chi connectivity index (χ2v) is 5.78. The summed E-state index contributed by atoms with van der Waals surface area (Å²) in [7, 11) is 0. The zero-order chi connectivity index (χ0) is 20.3. The van der Waals surface area contributed by atoms with Crippen LogP contribution in [0.4, 0.5) is 17.6 Å². The maximum absolute atomic E-state index is 13.1. The lowest BCUT2D eigenvalue weighted by Crippen LogP contribution is -2.23. The lowest BCUT2D eigenvalue weighted by Gasteiger charge is -2.10. The average molecular weight is 388 g/mol. The van der Waals surface area contributed by atoms with Crippen molar-refractivity contribution in [3.8, 4) is 11.8 Å². The summed E-state index contributed by atoms with van der Waals surface area (Å²) in [4.78, 5) is 12.0. The van der Waals surface area contributed by atoms with Crippen LogP contribution in [-0.4, -0.2) is 15.7 Å². The molecule has 1 aromatic heterocycles. The van der Waals surface area contributed by atoms with Gasteiger partial charge in [0.15, 0.2) is 0 Å². The van der Waals surface area contributed by atoms with Crippen LogP contribution in [0.1, 0.15) is 27.2 Å². The van der Waals surface area contributed by atoms with Crippen molar-refractivity contribution in [2.75, 3.05) is 0 Å². The number of halogens is 4. The van der Waals surface area contributed by atoms with Crippen LogP contribution in [0.2, 0.25) is 0 Å². The smallest absolute Gasteiger partial charge is 0.346 e. The average Bonchev–Trinajstić information content (AvgIpc) is 3.14. The Morgan fingerprint density at radius 1 is 1.14 bits per heavy atom. The Morgan fingerprint density at radius 3 is 2.50 bits per heavy atom. The van der Waals surface area contributed by atoms with Gasteiger partial charge >= 0.3 is 6.18 Å². The van der Waals surface area contributed by atoms with Crippen LogP contribution in [0.3, 0.4) is 0 Å². The third kappa shape index (κ3) is 4.17. The Morgan fingerprint density at radius 2 is 1.86 bits per heavy atom. The molecule has 1 amide bonds. The van der Waals surface area contributed by atoms with Crippen molar-refractivity contribution in [2.45, 2.75) is 12.7 Å². The van der Waals surface area contributed by atoms with Gasteiger partial charge in [-0.05, 0) is 48.5 Å². The first-order valence-corrected chi connectivity index (χ1v) is 7.98. The third-order valence-corrected chi connectivity index (χ3v) is 3.87. The Kier molecular flexibility index (Phi) is 5.13. The van der Waals surface area contributed by atoms with E-state index in [4.69, 9.17) is 5.26 Å². The van der Waals surface area contributed by atoms with Gasteiger partial charge in [0.25, 0.3) is 5.91 Å². The summed E-state index contributed by atoms with van der Waals surface area (Å²) >= 11 is 0. The molecule has 0 aliphatic carbocycles. The van der Waals surface area contributed by atoms with Crippen molar-refractivity contribution >= 4 is 5.91 Å². The molecule has 0 atom stereocenters.